The molecule has 0 fully saturated rings. The van der Waals surface area contributed by atoms with Crippen LogP contribution in [0, 0.1) is 5.92 Å². The molecule has 0 aromatic carbocycles. The van der Waals surface area contributed by atoms with Crippen molar-refractivity contribution >= 4 is 0 Å². The van der Waals surface area contributed by atoms with Gasteiger partial charge in [0.05, 0.1) is 12.7 Å². The number of aliphatic hydroxyl groups is 2. The molecule has 0 saturated heterocycles. The number of hydrogen-bond donors (Lipinski definition) is 2. The average Bonchev–Trinajstić information content (AvgIpc) is 1.98. The number of allylic oxidation sites excluding steroid dienone is 2. The third kappa shape index (κ3) is 4.99. The molecule has 0 radical (unpaired) electrons. The van der Waals surface area contributed by atoms with Gasteiger partial charge in [-0.25, -0.2) is 0 Å². The Morgan fingerprint density at radius 2 is 2.00 bits per heavy atom. The Morgan fingerprint density at radius 1 is 1.45 bits per heavy atom. The molecule has 0 aromatic heterocycles. The smallest absolute Gasteiger partial charge is 0.0799 e. The van der Waals surface area contributed by atoms with Crippen molar-refractivity contribution < 1.29 is 10.2 Å². The van der Waals surface area contributed by atoms with Crippen LogP contribution in [0.1, 0.15) is 27.2 Å². The van der Waals surface area contributed by atoms with Crippen LogP contribution in [0.4, 0.5) is 0 Å². The summed E-state index contributed by atoms with van der Waals surface area (Å²) >= 11 is 0. The fraction of sp³-hybridized carbons (Fsp3) is 0.778. The molecule has 2 heteroatoms. The van der Waals surface area contributed by atoms with Gasteiger partial charge in [-0.3, -0.25) is 0 Å². The summed E-state index contributed by atoms with van der Waals surface area (Å²) in [6.45, 7) is 5.84. The third-order valence-corrected chi connectivity index (χ3v) is 1.74. The molecule has 0 aromatic rings. The minimum atomic E-state index is -0.578. The number of rotatable bonds is 4. The van der Waals surface area contributed by atoms with Crippen molar-refractivity contribution in [1.29, 1.82) is 0 Å². The first-order valence-electron chi connectivity index (χ1n) is 4.00. The van der Waals surface area contributed by atoms with Gasteiger partial charge in [-0.15, -0.1) is 0 Å². The van der Waals surface area contributed by atoms with Crippen molar-refractivity contribution in [3.05, 3.63) is 11.6 Å². The van der Waals surface area contributed by atoms with Crippen LogP contribution < -0.4 is 0 Å². The van der Waals surface area contributed by atoms with E-state index in [0.29, 0.717) is 0 Å². The van der Waals surface area contributed by atoms with Crippen LogP contribution in [0.15, 0.2) is 11.6 Å². The fourth-order valence-electron chi connectivity index (χ4n) is 0.759. The standard InChI is InChI=1S/C9H18O2/c1-7(2)4-5-8(3)9(11)6-10/h4,8-11H,5-6H2,1-3H3/t8-,9+/m0/s1. The maximum absolute atomic E-state index is 9.16. The third-order valence-electron chi connectivity index (χ3n) is 1.74. The van der Waals surface area contributed by atoms with E-state index in [-0.39, 0.29) is 12.5 Å². The van der Waals surface area contributed by atoms with E-state index in [4.69, 9.17) is 10.2 Å². The molecule has 66 valence electrons. The lowest BCUT2D eigenvalue weighted by atomic mass is 10.0. The van der Waals surface area contributed by atoms with Crippen molar-refractivity contribution in [2.24, 2.45) is 5.92 Å². The highest BCUT2D eigenvalue weighted by Crippen LogP contribution is 2.09. The van der Waals surface area contributed by atoms with Gasteiger partial charge < -0.3 is 10.2 Å². The first kappa shape index (κ1) is 10.7. The molecular weight excluding hydrogens is 140 g/mol. The second-order valence-corrected chi connectivity index (χ2v) is 3.24. The van der Waals surface area contributed by atoms with E-state index >= 15 is 0 Å². The Morgan fingerprint density at radius 3 is 2.36 bits per heavy atom. The predicted molar refractivity (Wildman–Crippen MR) is 46.3 cm³/mol. The highest BCUT2D eigenvalue weighted by Gasteiger charge is 2.10. The summed E-state index contributed by atoms with van der Waals surface area (Å²) in [7, 11) is 0. The monoisotopic (exact) mass is 158 g/mol. The largest absolute Gasteiger partial charge is 0.394 e. The molecule has 0 spiro atoms. The van der Waals surface area contributed by atoms with Gasteiger partial charge in [0.25, 0.3) is 0 Å². The molecule has 2 N–H and O–H groups in total. The highest BCUT2D eigenvalue weighted by molar-refractivity contribution is 4.94. The summed E-state index contributed by atoms with van der Waals surface area (Å²) < 4.78 is 0. The van der Waals surface area contributed by atoms with Gasteiger partial charge in [0.2, 0.25) is 0 Å². The first-order valence-corrected chi connectivity index (χ1v) is 4.00. The van der Waals surface area contributed by atoms with Crippen LogP contribution in [0.2, 0.25) is 0 Å². The SMILES string of the molecule is CC(C)=CC[C@H](C)[C@H](O)CO. The molecule has 0 saturated carbocycles. The fourth-order valence-corrected chi connectivity index (χ4v) is 0.759. The maximum atomic E-state index is 9.16. The minimum absolute atomic E-state index is 0.141. The molecule has 0 aliphatic heterocycles. The van der Waals surface area contributed by atoms with Crippen LogP contribution in [-0.4, -0.2) is 22.9 Å². The van der Waals surface area contributed by atoms with E-state index < -0.39 is 6.10 Å². The molecule has 0 unspecified atom stereocenters. The van der Waals surface area contributed by atoms with Crippen LogP contribution in [0.5, 0.6) is 0 Å². The second-order valence-electron chi connectivity index (χ2n) is 3.24. The molecule has 11 heavy (non-hydrogen) atoms. The van der Waals surface area contributed by atoms with Gasteiger partial charge in [0.15, 0.2) is 0 Å². The zero-order valence-electron chi connectivity index (χ0n) is 7.54. The van der Waals surface area contributed by atoms with E-state index in [1.807, 2.05) is 20.8 Å². The topological polar surface area (TPSA) is 40.5 Å². The van der Waals surface area contributed by atoms with Crippen LogP contribution in [0.3, 0.4) is 0 Å². The van der Waals surface area contributed by atoms with Gasteiger partial charge in [-0.05, 0) is 26.2 Å². The molecule has 0 aliphatic carbocycles. The predicted octanol–water partition coefficient (Wildman–Crippen LogP) is 1.33. The number of hydrogen-bond acceptors (Lipinski definition) is 2. The molecule has 0 rings (SSSR count). The molecular formula is C9H18O2. The van der Waals surface area contributed by atoms with Crippen LogP contribution >= 0.6 is 0 Å². The highest BCUT2D eigenvalue weighted by atomic mass is 16.3. The molecule has 0 aliphatic rings. The van der Waals surface area contributed by atoms with Gasteiger partial charge in [0.1, 0.15) is 0 Å². The molecule has 0 bridgehead atoms. The lowest BCUT2D eigenvalue weighted by Crippen LogP contribution is -2.21. The summed E-state index contributed by atoms with van der Waals surface area (Å²) in [6, 6.07) is 0. The Balaban J connectivity index is 3.68. The lowest BCUT2D eigenvalue weighted by molar-refractivity contribution is 0.0544. The summed E-state index contributed by atoms with van der Waals surface area (Å²) in [4.78, 5) is 0. The normalized spacial score (nSPS) is 15.7. The summed E-state index contributed by atoms with van der Waals surface area (Å²) in [5.74, 6) is 0.148. The Hall–Kier alpha value is -0.340. The van der Waals surface area contributed by atoms with Crippen LogP contribution in [0.25, 0.3) is 0 Å². The molecule has 0 amide bonds. The van der Waals surface area contributed by atoms with Crippen molar-refractivity contribution in [2.45, 2.75) is 33.3 Å². The summed E-state index contributed by atoms with van der Waals surface area (Å²) in [6.07, 6.45) is 2.33. The van der Waals surface area contributed by atoms with E-state index in [1.165, 1.54) is 5.57 Å². The minimum Gasteiger partial charge on any atom is -0.394 e. The zero-order chi connectivity index (χ0) is 8.85. The summed E-state index contributed by atoms with van der Waals surface area (Å²) in [5, 5.41) is 17.8. The van der Waals surface area contributed by atoms with Crippen molar-refractivity contribution in [2.75, 3.05) is 6.61 Å². The molecule has 0 heterocycles. The van der Waals surface area contributed by atoms with E-state index in [1.54, 1.807) is 0 Å². The second kappa shape index (κ2) is 5.33. The van der Waals surface area contributed by atoms with E-state index in [2.05, 4.69) is 6.08 Å². The van der Waals surface area contributed by atoms with E-state index in [9.17, 15) is 0 Å². The van der Waals surface area contributed by atoms with Gasteiger partial charge in [0, 0.05) is 0 Å². The van der Waals surface area contributed by atoms with Gasteiger partial charge >= 0.3 is 0 Å². The summed E-state index contributed by atoms with van der Waals surface area (Å²) in [5.41, 5.74) is 1.25. The zero-order valence-corrected chi connectivity index (χ0v) is 7.54. The maximum Gasteiger partial charge on any atom is 0.0799 e. The van der Waals surface area contributed by atoms with Crippen LogP contribution in [-0.2, 0) is 0 Å². The first-order chi connectivity index (χ1) is 5.07. The Bertz CT molecular complexity index is 126. The lowest BCUT2D eigenvalue weighted by Gasteiger charge is -2.14. The van der Waals surface area contributed by atoms with Crippen molar-refractivity contribution in [3.63, 3.8) is 0 Å². The quantitative estimate of drug-likeness (QED) is 0.606. The van der Waals surface area contributed by atoms with Crippen molar-refractivity contribution in [3.8, 4) is 0 Å². The average molecular weight is 158 g/mol. The van der Waals surface area contributed by atoms with Gasteiger partial charge in [-0.2, -0.15) is 0 Å². The molecule has 2 atom stereocenters. The molecule has 2 nitrogen and oxygen atoms in total. The number of aliphatic hydroxyl groups excluding tert-OH is 2. The van der Waals surface area contributed by atoms with Crippen molar-refractivity contribution in [1.82, 2.24) is 0 Å². The van der Waals surface area contributed by atoms with E-state index in [0.717, 1.165) is 6.42 Å². The Labute approximate surface area is 68.6 Å². The Kier molecular flexibility index (Phi) is 5.16. The van der Waals surface area contributed by atoms with Gasteiger partial charge in [-0.1, -0.05) is 18.6 Å².